The van der Waals surface area contributed by atoms with Crippen molar-refractivity contribution in [3.63, 3.8) is 0 Å². The molecule has 0 N–H and O–H groups in total. The Hall–Kier alpha value is -2.36. The molecule has 0 atom stereocenters. The first kappa shape index (κ1) is 12.7. The molecule has 4 heteroatoms. The third kappa shape index (κ3) is 2.37. The van der Waals surface area contributed by atoms with Gasteiger partial charge in [-0.2, -0.15) is 13.2 Å². The molecule has 0 saturated heterocycles. The van der Waals surface area contributed by atoms with E-state index < -0.39 is 11.7 Å². The van der Waals surface area contributed by atoms with E-state index in [-0.39, 0.29) is 0 Å². The normalized spacial score (nSPS) is 11.8. The van der Waals surface area contributed by atoms with E-state index in [9.17, 15) is 13.2 Å². The molecule has 3 aromatic rings. The van der Waals surface area contributed by atoms with Crippen molar-refractivity contribution < 1.29 is 13.2 Å². The maximum absolute atomic E-state index is 12.7. The third-order valence-corrected chi connectivity index (χ3v) is 3.11. The Morgan fingerprint density at radius 3 is 2.40 bits per heavy atom. The highest BCUT2D eigenvalue weighted by atomic mass is 19.4. The van der Waals surface area contributed by atoms with Crippen LogP contribution in [0.1, 0.15) is 5.56 Å². The number of hydrogen-bond donors (Lipinski definition) is 0. The van der Waals surface area contributed by atoms with Crippen molar-refractivity contribution in [1.29, 1.82) is 0 Å². The van der Waals surface area contributed by atoms with Gasteiger partial charge in [0.15, 0.2) is 0 Å². The van der Waals surface area contributed by atoms with Crippen molar-refractivity contribution >= 4 is 10.9 Å². The van der Waals surface area contributed by atoms with Crippen LogP contribution in [0, 0.1) is 0 Å². The molecule has 2 aromatic carbocycles. The summed E-state index contributed by atoms with van der Waals surface area (Å²) in [6.45, 7) is 0. The van der Waals surface area contributed by atoms with Crippen LogP contribution in [-0.4, -0.2) is 4.98 Å². The summed E-state index contributed by atoms with van der Waals surface area (Å²) in [7, 11) is 0. The van der Waals surface area contributed by atoms with E-state index >= 15 is 0 Å². The number of fused-ring (bicyclic) bond motifs is 1. The van der Waals surface area contributed by atoms with Gasteiger partial charge in [-0.1, -0.05) is 30.3 Å². The fraction of sp³-hybridized carbons (Fsp3) is 0.0625. The Morgan fingerprint density at radius 1 is 0.800 bits per heavy atom. The molecule has 0 radical (unpaired) electrons. The number of halogens is 3. The predicted octanol–water partition coefficient (Wildman–Crippen LogP) is 4.92. The average molecular weight is 273 g/mol. The van der Waals surface area contributed by atoms with Gasteiger partial charge in [-0.3, -0.25) is 4.98 Å². The minimum absolute atomic E-state index is 0.512. The summed E-state index contributed by atoms with van der Waals surface area (Å²) >= 11 is 0. The SMILES string of the molecule is FC(F)(F)c1cccc(-c2cnc3ccccc3c2)c1. The molecule has 100 valence electrons. The molecular weight excluding hydrogens is 263 g/mol. The number of alkyl halides is 3. The molecule has 0 amide bonds. The first-order chi connectivity index (χ1) is 9.54. The van der Waals surface area contributed by atoms with Crippen LogP contribution in [-0.2, 0) is 6.18 Å². The summed E-state index contributed by atoms with van der Waals surface area (Å²) < 4.78 is 38.2. The molecule has 1 aromatic heterocycles. The zero-order valence-electron chi connectivity index (χ0n) is 10.4. The Balaban J connectivity index is 2.11. The topological polar surface area (TPSA) is 12.9 Å². The lowest BCUT2D eigenvalue weighted by atomic mass is 10.0. The minimum atomic E-state index is -4.33. The summed E-state index contributed by atoms with van der Waals surface area (Å²) in [5, 5.41) is 0.905. The molecule has 0 unspecified atom stereocenters. The zero-order valence-corrected chi connectivity index (χ0v) is 10.4. The molecule has 0 aliphatic carbocycles. The van der Waals surface area contributed by atoms with Gasteiger partial charge < -0.3 is 0 Å². The number of hydrogen-bond acceptors (Lipinski definition) is 1. The Bertz CT molecular complexity index is 763. The molecule has 0 fully saturated rings. The van der Waals surface area contributed by atoms with Crippen molar-refractivity contribution in [1.82, 2.24) is 4.98 Å². The molecular formula is C16H10F3N. The number of para-hydroxylation sites is 1. The fourth-order valence-electron chi connectivity index (χ4n) is 2.10. The first-order valence-electron chi connectivity index (χ1n) is 6.06. The molecule has 0 aliphatic heterocycles. The Morgan fingerprint density at radius 2 is 1.60 bits per heavy atom. The van der Waals surface area contributed by atoms with Crippen molar-refractivity contribution in [3.8, 4) is 11.1 Å². The van der Waals surface area contributed by atoms with Crippen molar-refractivity contribution in [2.75, 3.05) is 0 Å². The lowest BCUT2D eigenvalue weighted by molar-refractivity contribution is -0.137. The lowest BCUT2D eigenvalue weighted by Crippen LogP contribution is -2.04. The summed E-state index contributed by atoms with van der Waals surface area (Å²) in [6, 6.07) is 14.6. The van der Waals surface area contributed by atoms with Gasteiger partial charge in [0.1, 0.15) is 0 Å². The van der Waals surface area contributed by atoms with Crippen LogP contribution in [0.4, 0.5) is 13.2 Å². The van der Waals surface area contributed by atoms with Crippen LogP contribution in [0.3, 0.4) is 0 Å². The molecule has 0 aliphatic rings. The van der Waals surface area contributed by atoms with Gasteiger partial charge in [-0.15, -0.1) is 0 Å². The van der Waals surface area contributed by atoms with E-state index in [4.69, 9.17) is 0 Å². The van der Waals surface area contributed by atoms with E-state index in [1.807, 2.05) is 30.3 Å². The van der Waals surface area contributed by atoms with Crippen molar-refractivity contribution in [3.05, 3.63) is 66.4 Å². The highest BCUT2D eigenvalue weighted by Crippen LogP contribution is 2.32. The van der Waals surface area contributed by atoms with E-state index in [2.05, 4.69) is 4.98 Å². The summed E-state index contributed by atoms with van der Waals surface area (Å²) in [6.07, 6.45) is -2.74. The molecule has 3 rings (SSSR count). The van der Waals surface area contributed by atoms with Gasteiger partial charge in [0.05, 0.1) is 11.1 Å². The highest BCUT2D eigenvalue weighted by molar-refractivity contribution is 5.83. The summed E-state index contributed by atoms with van der Waals surface area (Å²) in [5.41, 5.74) is 1.36. The van der Waals surface area contributed by atoms with Crippen molar-refractivity contribution in [2.24, 2.45) is 0 Å². The van der Waals surface area contributed by atoms with Crippen LogP contribution in [0.2, 0.25) is 0 Å². The van der Waals surface area contributed by atoms with Crippen molar-refractivity contribution in [2.45, 2.75) is 6.18 Å². The maximum atomic E-state index is 12.7. The third-order valence-electron chi connectivity index (χ3n) is 3.11. The number of rotatable bonds is 1. The highest BCUT2D eigenvalue weighted by Gasteiger charge is 2.30. The standard InChI is InChI=1S/C16H10F3N/c17-16(18,19)14-6-3-5-11(9-14)13-8-12-4-1-2-7-15(12)20-10-13/h1-10H. The van der Waals surface area contributed by atoms with Crippen LogP contribution in [0.15, 0.2) is 60.8 Å². The maximum Gasteiger partial charge on any atom is 0.416 e. The molecule has 20 heavy (non-hydrogen) atoms. The number of pyridine rings is 1. The predicted molar refractivity (Wildman–Crippen MR) is 72.2 cm³/mol. The second-order valence-corrected chi connectivity index (χ2v) is 4.50. The van der Waals surface area contributed by atoms with Crippen LogP contribution < -0.4 is 0 Å². The van der Waals surface area contributed by atoms with Crippen LogP contribution >= 0.6 is 0 Å². The summed E-state index contributed by atoms with van der Waals surface area (Å²) in [5.74, 6) is 0. The molecule has 1 nitrogen and oxygen atoms in total. The molecule has 0 saturated carbocycles. The average Bonchev–Trinajstić information content (AvgIpc) is 2.46. The number of aromatic nitrogens is 1. The van der Waals surface area contributed by atoms with Gasteiger partial charge in [-0.25, -0.2) is 0 Å². The molecule has 0 bridgehead atoms. The number of nitrogens with zero attached hydrogens (tertiary/aromatic N) is 1. The second-order valence-electron chi connectivity index (χ2n) is 4.50. The Labute approximate surface area is 113 Å². The lowest BCUT2D eigenvalue weighted by Gasteiger charge is -2.09. The quantitative estimate of drug-likeness (QED) is 0.613. The van der Waals surface area contributed by atoms with Gasteiger partial charge in [0.25, 0.3) is 0 Å². The van der Waals surface area contributed by atoms with Gasteiger partial charge >= 0.3 is 6.18 Å². The Kier molecular flexibility index (Phi) is 2.93. The molecule has 1 heterocycles. The monoisotopic (exact) mass is 273 g/mol. The van der Waals surface area contributed by atoms with Gasteiger partial charge in [-0.05, 0) is 29.8 Å². The minimum Gasteiger partial charge on any atom is -0.256 e. The van der Waals surface area contributed by atoms with E-state index in [1.54, 1.807) is 12.3 Å². The van der Waals surface area contributed by atoms with Crippen LogP contribution in [0.25, 0.3) is 22.0 Å². The van der Waals surface area contributed by atoms with E-state index in [0.717, 1.165) is 23.0 Å². The summed E-state index contributed by atoms with van der Waals surface area (Å²) in [4.78, 5) is 4.27. The largest absolute Gasteiger partial charge is 0.416 e. The first-order valence-corrected chi connectivity index (χ1v) is 6.06. The van der Waals surface area contributed by atoms with E-state index in [1.165, 1.54) is 6.07 Å². The van der Waals surface area contributed by atoms with Gasteiger partial charge in [0.2, 0.25) is 0 Å². The second kappa shape index (κ2) is 4.63. The smallest absolute Gasteiger partial charge is 0.256 e. The fourth-order valence-corrected chi connectivity index (χ4v) is 2.10. The van der Waals surface area contributed by atoms with Crippen LogP contribution in [0.5, 0.6) is 0 Å². The zero-order chi connectivity index (χ0) is 14.2. The van der Waals surface area contributed by atoms with E-state index in [0.29, 0.717) is 11.1 Å². The number of benzene rings is 2. The molecule has 0 spiro atoms. The van der Waals surface area contributed by atoms with Gasteiger partial charge in [0, 0.05) is 17.1 Å².